The first-order valence-corrected chi connectivity index (χ1v) is 7.36. The second-order valence-corrected chi connectivity index (χ2v) is 5.30. The molecule has 1 saturated heterocycles. The van der Waals surface area contributed by atoms with E-state index in [-0.39, 0.29) is 0 Å². The third-order valence-corrected chi connectivity index (χ3v) is 3.96. The van der Waals surface area contributed by atoms with Crippen LogP contribution in [0.4, 0.5) is 0 Å². The van der Waals surface area contributed by atoms with Gasteiger partial charge in [-0.2, -0.15) is 5.10 Å². The first-order valence-electron chi connectivity index (χ1n) is 7.36. The van der Waals surface area contributed by atoms with E-state index in [9.17, 15) is 0 Å². The number of nitrogens with one attached hydrogen (secondary N) is 2. The predicted octanol–water partition coefficient (Wildman–Crippen LogP) is 0.427. The molecule has 0 aromatic carbocycles. The lowest BCUT2D eigenvalue weighted by Crippen LogP contribution is -2.40. The number of rotatable bonds is 5. The lowest BCUT2D eigenvalue weighted by Gasteiger charge is -2.16. The molecule has 2 heterocycles. The standard InChI is InChI=1S/C14H26N6/c1-4-20-8-6-12(11-20)9-16-14(15-2)17-10-13-5-7-18-19(13)3/h5,7,12H,4,6,8-11H2,1-3H3,(H2,15,16,17). The topological polar surface area (TPSA) is 57.5 Å². The Morgan fingerprint density at radius 3 is 2.95 bits per heavy atom. The van der Waals surface area contributed by atoms with Gasteiger partial charge in [0.15, 0.2) is 5.96 Å². The first kappa shape index (κ1) is 14.8. The number of guanidine groups is 1. The van der Waals surface area contributed by atoms with Gasteiger partial charge in [-0.25, -0.2) is 0 Å². The van der Waals surface area contributed by atoms with Crippen molar-refractivity contribution in [2.75, 3.05) is 33.2 Å². The van der Waals surface area contributed by atoms with Crippen LogP contribution in [0.3, 0.4) is 0 Å². The smallest absolute Gasteiger partial charge is 0.191 e. The summed E-state index contributed by atoms with van der Waals surface area (Å²) in [6, 6.07) is 2.01. The van der Waals surface area contributed by atoms with Crippen LogP contribution in [0.2, 0.25) is 0 Å². The van der Waals surface area contributed by atoms with Gasteiger partial charge in [0.2, 0.25) is 0 Å². The molecule has 1 aliphatic heterocycles. The summed E-state index contributed by atoms with van der Waals surface area (Å²) in [5, 5.41) is 10.9. The lowest BCUT2D eigenvalue weighted by molar-refractivity contribution is 0.342. The van der Waals surface area contributed by atoms with Gasteiger partial charge in [-0.05, 0) is 31.5 Å². The van der Waals surface area contributed by atoms with Crippen LogP contribution in [-0.2, 0) is 13.6 Å². The Hall–Kier alpha value is -1.56. The number of aliphatic imine (C=N–C) groups is 1. The van der Waals surface area contributed by atoms with E-state index in [0.29, 0.717) is 0 Å². The number of nitrogens with zero attached hydrogens (tertiary/aromatic N) is 4. The maximum Gasteiger partial charge on any atom is 0.191 e. The molecule has 2 N–H and O–H groups in total. The van der Waals surface area contributed by atoms with E-state index in [1.165, 1.54) is 19.5 Å². The van der Waals surface area contributed by atoms with Crippen molar-refractivity contribution >= 4 is 5.96 Å². The van der Waals surface area contributed by atoms with Crippen LogP contribution >= 0.6 is 0 Å². The summed E-state index contributed by atoms with van der Waals surface area (Å²) in [6.07, 6.45) is 3.09. The molecule has 1 fully saturated rings. The zero-order valence-electron chi connectivity index (χ0n) is 12.8. The van der Waals surface area contributed by atoms with E-state index in [0.717, 1.165) is 37.2 Å². The van der Waals surface area contributed by atoms with Crippen molar-refractivity contribution in [3.8, 4) is 0 Å². The average Bonchev–Trinajstić information content (AvgIpc) is 3.08. The summed E-state index contributed by atoms with van der Waals surface area (Å²) in [4.78, 5) is 6.77. The Morgan fingerprint density at radius 2 is 2.35 bits per heavy atom. The summed E-state index contributed by atoms with van der Waals surface area (Å²) in [7, 11) is 3.76. The molecule has 1 atom stereocenters. The highest BCUT2D eigenvalue weighted by molar-refractivity contribution is 5.79. The molecule has 0 aliphatic carbocycles. The molecular weight excluding hydrogens is 252 g/mol. The Balaban J connectivity index is 1.72. The Morgan fingerprint density at radius 1 is 1.50 bits per heavy atom. The molecule has 112 valence electrons. The van der Waals surface area contributed by atoms with Crippen LogP contribution in [-0.4, -0.2) is 53.9 Å². The predicted molar refractivity (Wildman–Crippen MR) is 81.6 cm³/mol. The summed E-state index contributed by atoms with van der Waals surface area (Å²) in [5.74, 6) is 1.59. The van der Waals surface area contributed by atoms with Crippen molar-refractivity contribution in [3.63, 3.8) is 0 Å². The summed E-state index contributed by atoms with van der Waals surface area (Å²) < 4.78 is 1.87. The number of aromatic nitrogens is 2. The number of hydrogen-bond acceptors (Lipinski definition) is 3. The second kappa shape index (κ2) is 7.28. The van der Waals surface area contributed by atoms with Gasteiger partial charge in [-0.1, -0.05) is 6.92 Å². The quantitative estimate of drug-likeness (QED) is 0.606. The highest BCUT2D eigenvalue weighted by Gasteiger charge is 2.20. The molecule has 6 nitrogen and oxygen atoms in total. The van der Waals surface area contributed by atoms with Gasteiger partial charge in [-0.15, -0.1) is 0 Å². The van der Waals surface area contributed by atoms with E-state index in [4.69, 9.17) is 0 Å². The molecule has 1 aliphatic rings. The van der Waals surface area contributed by atoms with Crippen molar-refractivity contribution in [3.05, 3.63) is 18.0 Å². The van der Waals surface area contributed by atoms with Crippen LogP contribution in [0.5, 0.6) is 0 Å². The molecule has 20 heavy (non-hydrogen) atoms. The molecule has 0 saturated carbocycles. The monoisotopic (exact) mass is 278 g/mol. The SMILES string of the molecule is CCN1CCC(CNC(=NC)NCc2ccnn2C)C1. The summed E-state index contributed by atoms with van der Waals surface area (Å²) in [5.41, 5.74) is 1.14. The van der Waals surface area contributed by atoms with Crippen LogP contribution in [0, 0.1) is 5.92 Å². The van der Waals surface area contributed by atoms with Crippen LogP contribution < -0.4 is 10.6 Å². The van der Waals surface area contributed by atoms with Crippen molar-refractivity contribution in [2.45, 2.75) is 19.9 Å². The van der Waals surface area contributed by atoms with E-state index in [1.54, 1.807) is 0 Å². The van der Waals surface area contributed by atoms with E-state index in [1.807, 2.05) is 31.0 Å². The average molecular weight is 278 g/mol. The second-order valence-electron chi connectivity index (χ2n) is 5.30. The molecule has 1 aromatic rings. The molecule has 1 unspecified atom stereocenters. The minimum Gasteiger partial charge on any atom is -0.356 e. The number of hydrogen-bond donors (Lipinski definition) is 2. The van der Waals surface area contributed by atoms with Gasteiger partial charge in [0, 0.05) is 33.4 Å². The van der Waals surface area contributed by atoms with Gasteiger partial charge in [0.1, 0.15) is 0 Å². The van der Waals surface area contributed by atoms with Gasteiger partial charge in [-0.3, -0.25) is 9.67 Å². The molecule has 0 amide bonds. The highest BCUT2D eigenvalue weighted by atomic mass is 15.3. The number of likely N-dealkylation sites (tertiary alicyclic amines) is 1. The molecule has 0 bridgehead atoms. The van der Waals surface area contributed by atoms with Gasteiger partial charge in [0.05, 0.1) is 12.2 Å². The van der Waals surface area contributed by atoms with E-state index < -0.39 is 0 Å². The zero-order valence-corrected chi connectivity index (χ0v) is 12.8. The first-order chi connectivity index (χ1) is 9.72. The van der Waals surface area contributed by atoms with Gasteiger partial charge < -0.3 is 15.5 Å². The maximum atomic E-state index is 4.27. The minimum absolute atomic E-state index is 0.727. The Labute approximate surface area is 121 Å². The molecule has 0 radical (unpaired) electrons. The van der Waals surface area contributed by atoms with E-state index >= 15 is 0 Å². The van der Waals surface area contributed by atoms with Crippen LogP contribution in [0.25, 0.3) is 0 Å². The maximum absolute atomic E-state index is 4.27. The van der Waals surface area contributed by atoms with Crippen molar-refractivity contribution < 1.29 is 0 Å². The molecule has 2 rings (SSSR count). The molecule has 0 spiro atoms. The molecule has 6 heteroatoms. The third kappa shape index (κ3) is 3.96. The summed E-state index contributed by atoms with van der Waals surface area (Å²) in [6.45, 7) is 7.53. The Bertz CT molecular complexity index is 439. The van der Waals surface area contributed by atoms with Crippen LogP contribution in [0.15, 0.2) is 17.3 Å². The van der Waals surface area contributed by atoms with Crippen molar-refractivity contribution in [2.24, 2.45) is 18.0 Å². The fourth-order valence-corrected chi connectivity index (χ4v) is 2.58. The fraction of sp³-hybridized carbons (Fsp3) is 0.714. The normalized spacial score (nSPS) is 20.4. The van der Waals surface area contributed by atoms with E-state index in [2.05, 4.69) is 32.5 Å². The minimum atomic E-state index is 0.727. The van der Waals surface area contributed by atoms with Crippen LogP contribution in [0.1, 0.15) is 19.0 Å². The Kier molecular flexibility index (Phi) is 5.40. The van der Waals surface area contributed by atoms with Crippen molar-refractivity contribution in [1.29, 1.82) is 0 Å². The largest absolute Gasteiger partial charge is 0.356 e. The number of aryl methyl sites for hydroxylation is 1. The van der Waals surface area contributed by atoms with Gasteiger partial charge >= 0.3 is 0 Å². The lowest BCUT2D eigenvalue weighted by atomic mass is 10.1. The van der Waals surface area contributed by atoms with Gasteiger partial charge in [0.25, 0.3) is 0 Å². The zero-order chi connectivity index (χ0) is 14.4. The summed E-state index contributed by atoms with van der Waals surface area (Å²) >= 11 is 0. The highest BCUT2D eigenvalue weighted by Crippen LogP contribution is 2.14. The van der Waals surface area contributed by atoms with Crippen molar-refractivity contribution in [1.82, 2.24) is 25.3 Å². The molecule has 1 aromatic heterocycles. The fourth-order valence-electron chi connectivity index (χ4n) is 2.58. The third-order valence-electron chi connectivity index (χ3n) is 3.96. The molecular formula is C14H26N6.